The standard InChI is InChI=1S/C24H29NO6/c1-7-30-19-10-15(8-9-18(19)31-14(3)26)21-20(23(28)29-6)13(2)25-16-11-24(4,5)12-17(27)22(16)21/h8-10,21-22H,7,11-12H2,1-6H3/t21-,22?/m1/s1. The van der Waals surface area contributed by atoms with E-state index in [0.717, 1.165) is 5.71 Å². The number of hydrogen-bond donors (Lipinski definition) is 0. The van der Waals surface area contributed by atoms with E-state index in [1.807, 2.05) is 6.92 Å². The van der Waals surface area contributed by atoms with Crippen LogP contribution in [0, 0.1) is 11.3 Å². The third kappa shape index (κ3) is 4.55. The smallest absolute Gasteiger partial charge is 0.336 e. The number of fused-ring (bicyclic) bond motifs is 1. The molecule has 1 fully saturated rings. The Hall–Kier alpha value is -2.96. The number of ketones is 1. The van der Waals surface area contributed by atoms with Gasteiger partial charge < -0.3 is 14.2 Å². The quantitative estimate of drug-likeness (QED) is 0.521. The van der Waals surface area contributed by atoms with Gasteiger partial charge in [0.2, 0.25) is 0 Å². The fourth-order valence-electron chi connectivity index (χ4n) is 4.55. The highest BCUT2D eigenvalue weighted by Crippen LogP contribution is 2.48. The molecule has 1 aliphatic carbocycles. The molecule has 3 rings (SSSR count). The van der Waals surface area contributed by atoms with Gasteiger partial charge in [-0.3, -0.25) is 14.6 Å². The van der Waals surface area contributed by atoms with Gasteiger partial charge in [-0.1, -0.05) is 19.9 Å². The van der Waals surface area contributed by atoms with Gasteiger partial charge in [-0.15, -0.1) is 0 Å². The van der Waals surface area contributed by atoms with Gasteiger partial charge in [-0.2, -0.15) is 0 Å². The number of esters is 2. The van der Waals surface area contributed by atoms with E-state index in [1.165, 1.54) is 14.0 Å². The van der Waals surface area contributed by atoms with Gasteiger partial charge in [0.1, 0.15) is 5.78 Å². The SMILES string of the molecule is CCOc1cc([C@@H]2C(C(=O)OC)=C(C)N=C3CC(C)(C)CC(=O)C32)ccc1OC(C)=O. The maximum Gasteiger partial charge on any atom is 0.336 e. The number of carbonyl (C=O) groups is 3. The molecule has 31 heavy (non-hydrogen) atoms. The highest BCUT2D eigenvalue weighted by Gasteiger charge is 2.47. The van der Waals surface area contributed by atoms with E-state index < -0.39 is 23.8 Å². The van der Waals surface area contributed by atoms with Gasteiger partial charge in [0.25, 0.3) is 0 Å². The molecular weight excluding hydrogens is 398 g/mol. The lowest BCUT2D eigenvalue weighted by Crippen LogP contribution is -2.44. The number of Topliss-reactive ketones (excluding diaryl/α,β-unsaturated/α-hetero) is 1. The van der Waals surface area contributed by atoms with Gasteiger partial charge in [0, 0.05) is 30.7 Å². The molecule has 7 heteroatoms. The van der Waals surface area contributed by atoms with Gasteiger partial charge in [-0.25, -0.2) is 4.79 Å². The summed E-state index contributed by atoms with van der Waals surface area (Å²) in [5.74, 6) is -1.34. The highest BCUT2D eigenvalue weighted by molar-refractivity contribution is 6.12. The number of methoxy groups -OCH3 is 1. The highest BCUT2D eigenvalue weighted by atomic mass is 16.6. The predicted molar refractivity (Wildman–Crippen MR) is 115 cm³/mol. The van der Waals surface area contributed by atoms with Crippen molar-refractivity contribution in [2.75, 3.05) is 13.7 Å². The Labute approximate surface area is 182 Å². The number of ether oxygens (including phenoxy) is 3. The molecule has 1 aromatic carbocycles. The molecular formula is C24H29NO6. The van der Waals surface area contributed by atoms with Crippen LogP contribution in [-0.2, 0) is 19.1 Å². The molecule has 1 aromatic rings. The van der Waals surface area contributed by atoms with E-state index in [-0.39, 0.29) is 11.2 Å². The van der Waals surface area contributed by atoms with Crippen LogP contribution in [0.4, 0.5) is 0 Å². The first kappa shape index (κ1) is 22.7. The van der Waals surface area contributed by atoms with Crippen LogP contribution in [0.15, 0.2) is 34.5 Å². The normalized spacial score (nSPS) is 22.4. The molecule has 7 nitrogen and oxygen atoms in total. The molecule has 1 heterocycles. The molecule has 1 saturated carbocycles. The van der Waals surface area contributed by atoms with Crippen molar-refractivity contribution < 1.29 is 28.6 Å². The second-order valence-corrected chi connectivity index (χ2v) is 8.77. The summed E-state index contributed by atoms with van der Waals surface area (Å²) in [5.41, 5.74) is 2.24. The second-order valence-electron chi connectivity index (χ2n) is 8.77. The summed E-state index contributed by atoms with van der Waals surface area (Å²) >= 11 is 0. The summed E-state index contributed by atoms with van der Waals surface area (Å²) in [6.07, 6.45) is 1.08. The number of hydrogen-bond acceptors (Lipinski definition) is 7. The molecule has 1 aliphatic heterocycles. The lowest BCUT2D eigenvalue weighted by atomic mass is 9.63. The number of allylic oxidation sites excluding steroid dienone is 1. The van der Waals surface area contributed by atoms with Crippen molar-refractivity contribution in [1.29, 1.82) is 0 Å². The molecule has 0 saturated heterocycles. The molecule has 0 radical (unpaired) electrons. The van der Waals surface area contributed by atoms with Crippen LogP contribution in [0.25, 0.3) is 0 Å². The molecule has 2 atom stereocenters. The van der Waals surface area contributed by atoms with Crippen molar-refractivity contribution in [1.82, 2.24) is 0 Å². The first-order chi connectivity index (χ1) is 14.6. The van der Waals surface area contributed by atoms with E-state index in [1.54, 1.807) is 25.1 Å². The third-order valence-corrected chi connectivity index (χ3v) is 5.65. The van der Waals surface area contributed by atoms with Crippen LogP contribution in [0.1, 0.15) is 58.9 Å². The van der Waals surface area contributed by atoms with Crippen molar-refractivity contribution in [2.45, 2.75) is 53.4 Å². The Bertz CT molecular complexity index is 988. The zero-order valence-electron chi connectivity index (χ0n) is 18.9. The Morgan fingerprint density at radius 2 is 1.87 bits per heavy atom. The Kier molecular flexibility index (Phi) is 6.34. The van der Waals surface area contributed by atoms with E-state index in [9.17, 15) is 14.4 Å². The topological polar surface area (TPSA) is 91.3 Å². The zero-order chi connectivity index (χ0) is 22.9. The van der Waals surface area contributed by atoms with Crippen LogP contribution < -0.4 is 9.47 Å². The maximum atomic E-state index is 13.3. The first-order valence-electron chi connectivity index (χ1n) is 10.4. The summed E-state index contributed by atoms with van der Waals surface area (Å²) < 4.78 is 16.0. The number of rotatable bonds is 5. The van der Waals surface area contributed by atoms with Gasteiger partial charge in [-0.05, 0) is 43.4 Å². The Morgan fingerprint density at radius 1 is 1.16 bits per heavy atom. The average molecular weight is 427 g/mol. The van der Waals surface area contributed by atoms with Crippen molar-refractivity contribution in [3.63, 3.8) is 0 Å². The number of benzene rings is 1. The third-order valence-electron chi connectivity index (χ3n) is 5.65. The lowest BCUT2D eigenvalue weighted by Gasteiger charge is -2.41. The average Bonchev–Trinajstić information content (AvgIpc) is 2.66. The van der Waals surface area contributed by atoms with Crippen molar-refractivity contribution in [2.24, 2.45) is 16.3 Å². The van der Waals surface area contributed by atoms with E-state index in [4.69, 9.17) is 14.2 Å². The van der Waals surface area contributed by atoms with Gasteiger partial charge in [0.05, 0.1) is 25.2 Å². The van der Waals surface area contributed by atoms with Gasteiger partial charge >= 0.3 is 11.9 Å². The fraction of sp³-hybridized carbons (Fsp3) is 0.500. The monoisotopic (exact) mass is 427 g/mol. The minimum Gasteiger partial charge on any atom is -0.490 e. The minimum atomic E-state index is -0.547. The predicted octanol–water partition coefficient (Wildman–Crippen LogP) is 4.00. The second kappa shape index (κ2) is 8.65. The first-order valence-corrected chi connectivity index (χ1v) is 10.4. The summed E-state index contributed by atoms with van der Waals surface area (Å²) in [5, 5.41) is 0. The van der Waals surface area contributed by atoms with Crippen LogP contribution in [0.3, 0.4) is 0 Å². The number of carbonyl (C=O) groups excluding carboxylic acids is 3. The summed E-state index contributed by atoms with van der Waals surface area (Å²) in [4.78, 5) is 42.1. The zero-order valence-corrected chi connectivity index (χ0v) is 18.9. The molecule has 166 valence electrons. The van der Waals surface area contributed by atoms with Crippen molar-refractivity contribution >= 4 is 23.4 Å². The molecule has 0 amide bonds. The molecule has 1 unspecified atom stereocenters. The van der Waals surface area contributed by atoms with Gasteiger partial charge in [0.15, 0.2) is 11.5 Å². The van der Waals surface area contributed by atoms with E-state index in [0.29, 0.717) is 47.8 Å². The summed E-state index contributed by atoms with van der Waals surface area (Å²) in [6.45, 7) is 9.38. The van der Waals surface area contributed by atoms with Crippen LogP contribution in [0.2, 0.25) is 0 Å². The molecule has 0 bridgehead atoms. The Balaban J connectivity index is 2.17. The molecule has 0 N–H and O–H groups in total. The van der Waals surface area contributed by atoms with Crippen LogP contribution in [-0.4, -0.2) is 37.2 Å². The van der Waals surface area contributed by atoms with Crippen molar-refractivity contribution in [3.8, 4) is 11.5 Å². The number of aliphatic imine (C=N–C) groups is 1. The largest absolute Gasteiger partial charge is 0.490 e. The van der Waals surface area contributed by atoms with E-state index >= 15 is 0 Å². The molecule has 0 aromatic heterocycles. The minimum absolute atomic E-state index is 0.0518. The van der Waals surface area contributed by atoms with E-state index in [2.05, 4.69) is 18.8 Å². The summed E-state index contributed by atoms with van der Waals surface area (Å²) in [6, 6.07) is 5.13. The molecule has 2 aliphatic rings. The Morgan fingerprint density at radius 3 is 2.48 bits per heavy atom. The maximum absolute atomic E-state index is 13.3. The summed E-state index contributed by atoms with van der Waals surface area (Å²) in [7, 11) is 1.32. The van der Waals surface area contributed by atoms with Crippen molar-refractivity contribution in [3.05, 3.63) is 35.0 Å². The fourth-order valence-corrected chi connectivity index (χ4v) is 4.55. The van der Waals surface area contributed by atoms with Crippen LogP contribution in [0.5, 0.6) is 11.5 Å². The molecule has 0 spiro atoms. The lowest BCUT2D eigenvalue weighted by molar-refractivity contribution is -0.137. The number of nitrogens with zero attached hydrogens (tertiary/aromatic N) is 1. The van der Waals surface area contributed by atoms with Crippen LogP contribution >= 0.6 is 0 Å².